The van der Waals surface area contributed by atoms with Crippen LogP contribution in [0.4, 0.5) is 0 Å². The van der Waals surface area contributed by atoms with Crippen LogP contribution in [0.3, 0.4) is 0 Å². The van der Waals surface area contributed by atoms with Gasteiger partial charge in [0, 0.05) is 17.3 Å². The summed E-state index contributed by atoms with van der Waals surface area (Å²) in [6.07, 6.45) is 13.0. The highest BCUT2D eigenvalue weighted by Crippen LogP contribution is 2.49. The van der Waals surface area contributed by atoms with Crippen molar-refractivity contribution in [2.24, 2.45) is 17.3 Å². The minimum Gasteiger partial charge on any atom is -0.373 e. The monoisotopic (exact) mass is 292 g/mol. The van der Waals surface area contributed by atoms with Gasteiger partial charge >= 0.3 is 0 Å². The van der Waals surface area contributed by atoms with E-state index in [1.165, 1.54) is 56.4 Å². The van der Waals surface area contributed by atoms with Gasteiger partial charge in [-0.05, 0) is 32.1 Å². The van der Waals surface area contributed by atoms with Crippen molar-refractivity contribution >= 4 is 0 Å². The third-order valence-corrected chi connectivity index (χ3v) is 5.92. The van der Waals surface area contributed by atoms with E-state index < -0.39 is 0 Å². The minimum atomic E-state index is 0.266. The highest BCUT2D eigenvalue weighted by Gasteiger charge is 2.49. The molecular weight excluding hydrogens is 258 g/mol. The average Bonchev–Trinajstić information content (AvgIpc) is 2.45. The summed E-state index contributed by atoms with van der Waals surface area (Å²) in [6.45, 7) is 6.05. The summed E-state index contributed by atoms with van der Waals surface area (Å²) >= 11 is 0. The molecule has 0 unspecified atom stereocenters. The van der Waals surface area contributed by atoms with E-state index in [9.17, 15) is 0 Å². The van der Waals surface area contributed by atoms with Crippen molar-refractivity contribution in [1.29, 1.82) is 0 Å². The molecule has 120 valence electrons. The molecule has 4 atom stereocenters. The van der Waals surface area contributed by atoms with Crippen LogP contribution >= 0.6 is 0 Å². The van der Waals surface area contributed by atoms with Crippen LogP contribution in [0.15, 0.2) is 11.6 Å². The van der Waals surface area contributed by atoms with E-state index in [1.807, 2.05) is 0 Å². The SMILES string of the molecule is C[NH+](C)CC(C)(C)[C@@H]1O[C@H]2CCCC[C@H]2C2=CCCC[C@@H]21. The first-order valence-corrected chi connectivity index (χ1v) is 9.13. The molecule has 3 aliphatic rings. The standard InChI is InChI=1S/C19H33NO/c1-19(2,13-20(3)4)18-16-11-6-5-9-14(16)15-10-7-8-12-17(15)21-18/h9,15-18H,5-8,10-13H2,1-4H3/p+1/t15-,16-,17-,18+/m0/s1. The van der Waals surface area contributed by atoms with Gasteiger partial charge in [-0.15, -0.1) is 0 Å². The lowest BCUT2D eigenvalue weighted by Crippen LogP contribution is -3.07. The topological polar surface area (TPSA) is 13.7 Å². The molecule has 2 fully saturated rings. The van der Waals surface area contributed by atoms with E-state index in [0.717, 1.165) is 5.92 Å². The maximum absolute atomic E-state index is 6.77. The van der Waals surface area contributed by atoms with Gasteiger partial charge < -0.3 is 9.64 Å². The molecular formula is C19H34NO+. The van der Waals surface area contributed by atoms with Gasteiger partial charge in [0.15, 0.2) is 0 Å². The molecule has 0 bridgehead atoms. The highest BCUT2D eigenvalue weighted by atomic mass is 16.5. The number of quaternary nitrogens is 1. The third-order valence-electron chi connectivity index (χ3n) is 5.92. The maximum atomic E-state index is 6.77. The van der Waals surface area contributed by atoms with Gasteiger partial charge in [-0.3, -0.25) is 0 Å². The molecule has 2 aliphatic carbocycles. The van der Waals surface area contributed by atoms with Crippen LogP contribution in [0.1, 0.15) is 58.8 Å². The number of rotatable bonds is 3. The molecule has 1 N–H and O–H groups in total. The van der Waals surface area contributed by atoms with E-state index in [2.05, 4.69) is 34.0 Å². The molecule has 1 saturated carbocycles. The van der Waals surface area contributed by atoms with Gasteiger partial charge in [0.05, 0.1) is 32.8 Å². The van der Waals surface area contributed by atoms with Crippen molar-refractivity contribution in [3.8, 4) is 0 Å². The lowest BCUT2D eigenvalue weighted by atomic mass is 9.64. The molecule has 2 nitrogen and oxygen atoms in total. The van der Waals surface area contributed by atoms with Crippen molar-refractivity contribution in [2.75, 3.05) is 20.6 Å². The van der Waals surface area contributed by atoms with Crippen LogP contribution in [0.5, 0.6) is 0 Å². The summed E-state index contributed by atoms with van der Waals surface area (Å²) in [6, 6.07) is 0. The third kappa shape index (κ3) is 3.07. The number of hydrogen-bond donors (Lipinski definition) is 1. The number of ether oxygens (including phenoxy) is 1. The van der Waals surface area contributed by atoms with Crippen LogP contribution < -0.4 is 4.90 Å². The van der Waals surface area contributed by atoms with Gasteiger partial charge in [0.1, 0.15) is 0 Å². The lowest BCUT2D eigenvalue weighted by Gasteiger charge is -2.52. The van der Waals surface area contributed by atoms with Crippen molar-refractivity contribution in [3.63, 3.8) is 0 Å². The van der Waals surface area contributed by atoms with Crippen LogP contribution in [0, 0.1) is 17.3 Å². The van der Waals surface area contributed by atoms with Crippen LogP contribution in [-0.2, 0) is 4.74 Å². The Bertz CT molecular complexity index is 398. The van der Waals surface area contributed by atoms with Crippen LogP contribution in [-0.4, -0.2) is 32.8 Å². The zero-order valence-electron chi connectivity index (χ0n) is 14.5. The molecule has 0 radical (unpaired) electrons. The van der Waals surface area contributed by atoms with Crippen molar-refractivity contribution < 1.29 is 9.64 Å². The fourth-order valence-corrected chi connectivity index (χ4v) is 5.34. The maximum Gasteiger partial charge on any atom is 0.0843 e. The molecule has 0 aromatic heterocycles. The second-order valence-electron chi connectivity index (χ2n) is 8.60. The van der Waals surface area contributed by atoms with E-state index in [1.54, 1.807) is 5.57 Å². The summed E-state index contributed by atoms with van der Waals surface area (Å²) < 4.78 is 6.77. The Morgan fingerprint density at radius 2 is 1.81 bits per heavy atom. The summed E-state index contributed by atoms with van der Waals surface area (Å²) in [5.74, 6) is 1.45. The number of nitrogens with one attached hydrogen (secondary N) is 1. The van der Waals surface area contributed by atoms with Crippen molar-refractivity contribution in [2.45, 2.75) is 71.0 Å². The predicted octanol–water partition coefficient (Wildman–Crippen LogP) is 2.84. The van der Waals surface area contributed by atoms with Gasteiger partial charge in [-0.1, -0.05) is 38.3 Å². The Balaban J connectivity index is 1.87. The van der Waals surface area contributed by atoms with Gasteiger partial charge in [-0.2, -0.15) is 0 Å². The molecule has 21 heavy (non-hydrogen) atoms. The average molecular weight is 292 g/mol. The van der Waals surface area contributed by atoms with Crippen LogP contribution in [0.25, 0.3) is 0 Å². The van der Waals surface area contributed by atoms with Crippen molar-refractivity contribution in [1.82, 2.24) is 0 Å². The largest absolute Gasteiger partial charge is 0.373 e. The van der Waals surface area contributed by atoms with Gasteiger partial charge in [-0.25, -0.2) is 0 Å². The van der Waals surface area contributed by atoms with E-state index in [4.69, 9.17) is 4.74 Å². The van der Waals surface area contributed by atoms with Gasteiger partial charge in [0.25, 0.3) is 0 Å². The smallest absolute Gasteiger partial charge is 0.0843 e. The molecule has 0 spiro atoms. The Kier molecular flexibility index (Phi) is 4.47. The Morgan fingerprint density at radius 3 is 2.57 bits per heavy atom. The van der Waals surface area contributed by atoms with E-state index in [0.29, 0.717) is 18.1 Å². The Labute approximate surface area is 130 Å². The summed E-state index contributed by atoms with van der Waals surface area (Å²) in [7, 11) is 4.54. The fourth-order valence-electron chi connectivity index (χ4n) is 5.34. The second kappa shape index (κ2) is 6.04. The van der Waals surface area contributed by atoms with Crippen LogP contribution in [0.2, 0.25) is 0 Å². The summed E-state index contributed by atoms with van der Waals surface area (Å²) in [5, 5.41) is 0. The summed E-state index contributed by atoms with van der Waals surface area (Å²) in [5.41, 5.74) is 2.06. The second-order valence-corrected chi connectivity index (χ2v) is 8.60. The molecule has 0 aromatic rings. The summed E-state index contributed by atoms with van der Waals surface area (Å²) in [4.78, 5) is 1.54. The first-order chi connectivity index (χ1) is 9.99. The zero-order chi connectivity index (χ0) is 15.0. The highest BCUT2D eigenvalue weighted by molar-refractivity contribution is 5.21. The molecule has 0 aromatic carbocycles. The molecule has 3 rings (SSSR count). The van der Waals surface area contributed by atoms with Crippen molar-refractivity contribution in [3.05, 3.63) is 11.6 Å². The van der Waals surface area contributed by atoms with Gasteiger partial charge in [0.2, 0.25) is 0 Å². The number of fused-ring (bicyclic) bond motifs is 3. The Morgan fingerprint density at radius 1 is 1.10 bits per heavy atom. The quantitative estimate of drug-likeness (QED) is 0.790. The van der Waals surface area contributed by atoms with E-state index in [-0.39, 0.29) is 5.41 Å². The fraction of sp³-hybridized carbons (Fsp3) is 0.895. The molecule has 2 heteroatoms. The molecule has 1 saturated heterocycles. The zero-order valence-corrected chi connectivity index (χ0v) is 14.5. The van der Waals surface area contributed by atoms with E-state index >= 15 is 0 Å². The first kappa shape index (κ1) is 15.6. The normalized spacial score (nSPS) is 36.9. The first-order valence-electron chi connectivity index (χ1n) is 9.13. The predicted molar refractivity (Wildman–Crippen MR) is 87.5 cm³/mol. The number of allylic oxidation sites excluding steroid dienone is 1. The molecule has 1 heterocycles. The number of hydrogen-bond acceptors (Lipinski definition) is 1. The molecule has 1 aliphatic heterocycles. The lowest BCUT2D eigenvalue weighted by molar-refractivity contribution is -0.866. The molecule has 0 amide bonds. The minimum absolute atomic E-state index is 0.266. The Hall–Kier alpha value is -0.340.